The van der Waals surface area contributed by atoms with Crippen molar-refractivity contribution in [3.8, 4) is 27.6 Å². The monoisotopic (exact) mass is 442 g/mol. The van der Waals surface area contributed by atoms with Crippen LogP contribution in [0.4, 0.5) is 0 Å². The van der Waals surface area contributed by atoms with Gasteiger partial charge in [0.15, 0.2) is 0 Å². The van der Waals surface area contributed by atoms with Crippen molar-refractivity contribution >= 4 is 23.2 Å². The van der Waals surface area contributed by atoms with Crippen LogP contribution < -0.4 is 10.1 Å². The molecule has 1 aromatic heterocycles. The van der Waals surface area contributed by atoms with E-state index in [4.69, 9.17) is 9.72 Å². The Hall–Kier alpha value is -3.77. The number of amides is 1. The summed E-state index contributed by atoms with van der Waals surface area (Å²) >= 11 is 1.62. The maximum absolute atomic E-state index is 12.4. The van der Waals surface area contributed by atoms with E-state index in [1.54, 1.807) is 35.6 Å². The van der Waals surface area contributed by atoms with Crippen LogP contribution in [-0.2, 0) is 11.3 Å². The van der Waals surface area contributed by atoms with Crippen LogP contribution in [0.3, 0.4) is 0 Å². The predicted octanol–water partition coefficient (Wildman–Crippen LogP) is 5.64. The summed E-state index contributed by atoms with van der Waals surface area (Å²) in [6.45, 7) is 3.82. The van der Waals surface area contributed by atoms with Crippen LogP contribution >= 0.6 is 11.3 Å². The molecule has 0 bridgehead atoms. The topological polar surface area (TPSA) is 68.3 Å². The van der Waals surface area contributed by atoms with E-state index in [0.29, 0.717) is 17.9 Å². The number of carbonyl (C=O) groups is 2. The van der Waals surface area contributed by atoms with Gasteiger partial charge in [-0.3, -0.25) is 9.59 Å². The highest BCUT2D eigenvalue weighted by atomic mass is 32.1. The average molecular weight is 443 g/mol. The molecule has 0 aliphatic heterocycles. The smallest absolute Gasteiger partial charge is 0.308 e. The van der Waals surface area contributed by atoms with E-state index in [9.17, 15) is 9.59 Å². The van der Waals surface area contributed by atoms with Crippen molar-refractivity contribution < 1.29 is 14.3 Å². The molecule has 0 radical (unpaired) electrons. The molecule has 0 saturated heterocycles. The first-order valence-corrected chi connectivity index (χ1v) is 11.0. The first-order chi connectivity index (χ1) is 15.5. The van der Waals surface area contributed by atoms with Gasteiger partial charge in [-0.05, 0) is 36.8 Å². The Labute approximate surface area is 190 Å². The number of nitrogens with one attached hydrogen (secondary N) is 1. The van der Waals surface area contributed by atoms with Crippen LogP contribution in [0.15, 0.2) is 78.2 Å². The molecule has 0 spiro atoms. The Bertz CT molecular complexity index is 1230. The van der Waals surface area contributed by atoms with Crippen molar-refractivity contribution in [3.05, 3.63) is 94.9 Å². The van der Waals surface area contributed by atoms with Crippen molar-refractivity contribution in [2.75, 3.05) is 0 Å². The summed E-state index contributed by atoms with van der Waals surface area (Å²) in [6.07, 6.45) is 0. The second-order valence-corrected chi connectivity index (χ2v) is 8.26. The van der Waals surface area contributed by atoms with Crippen molar-refractivity contribution in [3.63, 3.8) is 0 Å². The Morgan fingerprint density at radius 1 is 0.906 bits per heavy atom. The summed E-state index contributed by atoms with van der Waals surface area (Å²) in [7, 11) is 0. The van der Waals surface area contributed by atoms with E-state index in [0.717, 1.165) is 27.4 Å². The SMILES string of the molecule is CC(=O)Oc1ccc(C(=O)NCc2ccc(-c3nc(-c4ccc(C)cc4)cs3)cc2)cc1. The van der Waals surface area contributed by atoms with Gasteiger partial charge >= 0.3 is 5.97 Å². The molecule has 1 heterocycles. The molecule has 4 rings (SSSR count). The fourth-order valence-corrected chi connectivity index (χ4v) is 3.99. The van der Waals surface area contributed by atoms with Crippen LogP contribution in [-0.4, -0.2) is 16.9 Å². The minimum atomic E-state index is -0.394. The van der Waals surface area contributed by atoms with Crippen LogP contribution in [0.5, 0.6) is 5.75 Å². The van der Waals surface area contributed by atoms with Crippen LogP contribution in [0.25, 0.3) is 21.8 Å². The van der Waals surface area contributed by atoms with E-state index >= 15 is 0 Å². The van der Waals surface area contributed by atoms with Gasteiger partial charge in [-0.1, -0.05) is 54.1 Å². The van der Waals surface area contributed by atoms with Crippen molar-refractivity contribution in [1.29, 1.82) is 0 Å². The summed E-state index contributed by atoms with van der Waals surface area (Å²) in [5, 5.41) is 5.94. The summed E-state index contributed by atoms with van der Waals surface area (Å²) in [5.74, 6) is -0.168. The predicted molar refractivity (Wildman–Crippen MR) is 127 cm³/mol. The second-order valence-electron chi connectivity index (χ2n) is 7.40. The lowest BCUT2D eigenvalue weighted by atomic mass is 10.1. The largest absolute Gasteiger partial charge is 0.427 e. The van der Waals surface area contributed by atoms with Gasteiger partial charge in [0.1, 0.15) is 10.8 Å². The number of hydrogen-bond acceptors (Lipinski definition) is 5. The number of hydrogen-bond donors (Lipinski definition) is 1. The van der Waals surface area contributed by atoms with Crippen LogP contribution in [0.1, 0.15) is 28.4 Å². The van der Waals surface area contributed by atoms with E-state index in [-0.39, 0.29) is 5.91 Å². The van der Waals surface area contributed by atoms with E-state index in [1.165, 1.54) is 12.5 Å². The molecule has 32 heavy (non-hydrogen) atoms. The quantitative estimate of drug-likeness (QED) is 0.310. The maximum Gasteiger partial charge on any atom is 0.308 e. The minimum Gasteiger partial charge on any atom is -0.427 e. The third-order valence-corrected chi connectivity index (χ3v) is 5.77. The minimum absolute atomic E-state index is 0.189. The molecule has 0 atom stereocenters. The number of aromatic nitrogens is 1. The molecule has 4 aromatic rings. The lowest BCUT2D eigenvalue weighted by Crippen LogP contribution is -2.22. The molecular formula is C26H22N2O3S. The van der Waals surface area contributed by atoms with E-state index < -0.39 is 5.97 Å². The molecule has 0 unspecified atom stereocenters. The molecule has 3 aromatic carbocycles. The van der Waals surface area contributed by atoms with Gasteiger partial charge in [0.05, 0.1) is 5.69 Å². The second kappa shape index (κ2) is 9.58. The Kier molecular flexibility index (Phi) is 6.42. The normalized spacial score (nSPS) is 10.6. The van der Waals surface area contributed by atoms with Crippen molar-refractivity contribution in [2.24, 2.45) is 0 Å². The van der Waals surface area contributed by atoms with Gasteiger partial charge in [0.2, 0.25) is 0 Å². The fourth-order valence-electron chi connectivity index (χ4n) is 3.15. The van der Waals surface area contributed by atoms with Gasteiger partial charge < -0.3 is 10.1 Å². The first-order valence-electron chi connectivity index (χ1n) is 10.2. The molecule has 0 aliphatic rings. The number of ether oxygens (including phenoxy) is 1. The first kappa shape index (κ1) is 21.5. The highest BCUT2D eigenvalue weighted by molar-refractivity contribution is 7.13. The summed E-state index contributed by atoms with van der Waals surface area (Å²) in [4.78, 5) is 28.1. The van der Waals surface area contributed by atoms with Gasteiger partial charge in [-0.2, -0.15) is 0 Å². The third kappa shape index (κ3) is 5.28. The molecule has 0 aliphatic carbocycles. The Balaban J connectivity index is 1.36. The number of esters is 1. The zero-order valence-corrected chi connectivity index (χ0v) is 18.6. The summed E-state index contributed by atoms with van der Waals surface area (Å²) < 4.78 is 4.98. The van der Waals surface area contributed by atoms with Crippen molar-refractivity contribution in [1.82, 2.24) is 10.3 Å². The highest BCUT2D eigenvalue weighted by Gasteiger charge is 2.09. The molecule has 0 saturated carbocycles. The zero-order chi connectivity index (χ0) is 22.5. The van der Waals surface area contributed by atoms with Crippen LogP contribution in [0.2, 0.25) is 0 Å². The number of aryl methyl sites for hydroxylation is 1. The molecule has 160 valence electrons. The lowest BCUT2D eigenvalue weighted by molar-refractivity contribution is -0.131. The van der Waals surface area contributed by atoms with Gasteiger partial charge in [-0.25, -0.2) is 4.98 Å². The van der Waals surface area contributed by atoms with Gasteiger partial charge in [-0.15, -0.1) is 11.3 Å². The van der Waals surface area contributed by atoms with Gasteiger partial charge in [0, 0.05) is 35.5 Å². The average Bonchev–Trinajstić information content (AvgIpc) is 3.29. The molecule has 0 fully saturated rings. The third-order valence-electron chi connectivity index (χ3n) is 4.88. The van der Waals surface area contributed by atoms with Crippen LogP contribution in [0, 0.1) is 6.92 Å². The summed E-state index contributed by atoms with van der Waals surface area (Å²) in [6, 6.07) is 22.8. The molecule has 5 nitrogen and oxygen atoms in total. The zero-order valence-electron chi connectivity index (χ0n) is 17.8. The number of nitrogens with zero attached hydrogens (tertiary/aromatic N) is 1. The summed E-state index contributed by atoms with van der Waals surface area (Å²) in [5.41, 5.74) is 5.85. The number of thiazole rings is 1. The standard InChI is InChI=1S/C26H22N2O3S/c1-17-3-7-20(8-4-17)24-16-32-26(28-24)22-9-5-19(6-10-22)15-27-25(30)21-11-13-23(14-12-21)31-18(2)29/h3-14,16H,15H2,1-2H3,(H,27,30). The Morgan fingerprint density at radius 2 is 1.56 bits per heavy atom. The molecule has 1 amide bonds. The van der Waals surface area contributed by atoms with E-state index in [1.807, 2.05) is 24.3 Å². The number of rotatable bonds is 6. The Morgan fingerprint density at radius 3 is 2.22 bits per heavy atom. The molecular weight excluding hydrogens is 420 g/mol. The number of carbonyl (C=O) groups excluding carboxylic acids is 2. The van der Waals surface area contributed by atoms with Crippen molar-refractivity contribution in [2.45, 2.75) is 20.4 Å². The maximum atomic E-state index is 12.4. The molecule has 1 N–H and O–H groups in total. The highest BCUT2D eigenvalue weighted by Crippen LogP contribution is 2.29. The molecule has 6 heteroatoms. The fraction of sp³-hybridized carbons (Fsp3) is 0.115. The number of benzene rings is 3. The van der Waals surface area contributed by atoms with E-state index in [2.05, 4.69) is 41.9 Å². The lowest BCUT2D eigenvalue weighted by Gasteiger charge is -2.07. The van der Waals surface area contributed by atoms with Gasteiger partial charge in [0.25, 0.3) is 5.91 Å².